The van der Waals surface area contributed by atoms with Gasteiger partial charge in [0.15, 0.2) is 0 Å². The van der Waals surface area contributed by atoms with Gasteiger partial charge in [0.25, 0.3) is 5.91 Å². The van der Waals surface area contributed by atoms with Crippen molar-refractivity contribution in [3.05, 3.63) is 23.9 Å². The Morgan fingerprint density at radius 1 is 1.42 bits per heavy atom. The highest BCUT2D eigenvalue weighted by atomic mass is 16.5. The molecule has 7 nitrogen and oxygen atoms in total. The molecule has 7 heteroatoms. The fourth-order valence-electron chi connectivity index (χ4n) is 2.95. The normalized spacial score (nSPS) is 21.8. The van der Waals surface area contributed by atoms with Crippen LogP contribution >= 0.6 is 0 Å². The highest BCUT2D eigenvalue weighted by molar-refractivity contribution is 5.94. The quantitative estimate of drug-likeness (QED) is 0.864. The lowest BCUT2D eigenvalue weighted by atomic mass is 10.0. The number of carbonyl (C=O) groups excluding carboxylic acids is 2. The van der Waals surface area contributed by atoms with Crippen molar-refractivity contribution in [2.75, 3.05) is 33.4 Å². The number of amides is 2. The summed E-state index contributed by atoms with van der Waals surface area (Å²) < 4.78 is 11.0. The number of aromatic nitrogens is 1. The van der Waals surface area contributed by atoms with Crippen molar-refractivity contribution in [3.8, 4) is 5.88 Å². The molecule has 2 amide bonds. The number of hydrogen-bond acceptors (Lipinski definition) is 5. The molecule has 1 N–H and O–H groups in total. The molecule has 2 aliphatic rings. The van der Waals surface area contributed by atoms with Gasteiger partial charge in [0.05, 0.1) is 18.2 Å². The SMILES string of the molecule is CN1C[C@@H](NC(=O)c2ccc(OCC3CCOCC3)nc2)CC1=O. The number of likely N-dealkylation sites (tertiary alicyclic amines) is 1. The van der Waals surface area contributed by atoms with Crippen LogP contribution in [0.25, 0.3) is 0 Å². The van der Waals surface area contributed by atoms with Gasteiger partial charge in [-0.3, -0.25) is 9.59 Å². The van der Waals surface area contributed by atoms with Gasteiger partial charge in [0.2, 0.25) is 11.8 Å². The zero-order valence-corrected chi connectivity index (χ0v) is 13.9. The summed E-state index contributed by atoms with van der Waals surface area (Å²) in [6, 6.07) is 3.27. The third-order valence-corrected chi connectivity index (χ3v) is 4.48. The van der Waals surface area contributed by atoms with E-state index in [2.05, 4.69) is 10.3 Å². The van der Waals surface area contributed by atoms with Crippen LogP contribution in [0.3, 0.4) is 0 Å². The number of nitrogens with one attached hydrogen (secondary N) is 1. The zero-order chi connectivity index (χ0) is 16.9. The molecule has 0 saturated carbocycles. The molecule has 2 saturated heterocycles. The third-order valence-electron chi connectivity index (χ3n) is 4.48. The Kier molecular flexibility index (Phi) is 5.30. The van der Waals surface area contributed by atoms with E-state index in [0.717, 1.165) is 26.1 Å². The number of ether oxygens (including phenoxy) is 2. The van der Waals surface area contributed by atoms with Crippen LogP contribution in [0.2, 0.25) is 0 Å². The standard InChI is InChI=1S/C17H23N3O4/c1-20-10-14(8-16(20)21)19-17(22)13-2-3-15(18-9-13)24-11-12-4-6-23-7-5-12/h2-3,9,12,14H,4-8,10-11H2,1H3,(H,19,22)/t14-/m0/s1. The van der Waals surface area contributed by atoms with E-state index in [-0.39, 0.29) is 17.9 Å². The van der Waals surface area contributed by atoms with Crippen LogP contribution in [0, 0.1) is 5.92 Å². The summed E-state index contributed by atoms with van der Waals surface area (Å²) in [5, 5.41) is 2.86. The average Bonchev–Trinajstić information content (AvgIpc) is 2.92. The van der Waals surface area contributed by atoms with Crippen LogP contribution in [-0.4, -0.2) is 61.2 Å². The molecule has 24 heavy (non-hydrogen) atoms. The van der Waals surface area contributed by atoms with E-state index < -0.39 is 0 Å². The number of hydrogen-bond donors (Lipinski definition) is 1. The van der Waals surface area contributed by atoms with E-state index in [1.54, 1.807) is 24.1 Å². The van der Waals surface area contributed by atoms with Crippen molar-refractivity contribution in [2.45, 2.75) is 25.3 Å². The maximum atomic E-state index is 12.2. The Hall–Kier alpha value is -2.15. The summed E-state index contributed by atoms with van der Waals surface area (Å²) >= 11 is 0. The van der Waals surface area contributed by atoms with Crippen molar-refractivity contribution in [1.29, 1.82) is 0 Å². The lowest BCUT2D eigenvalue weighted by Crippen LogP contribution is -2.36. The molecule has 1 aromatic heterocycles. The second-order valence-corrected chi connectivity index (χ2v) is 6.40. The fraction of sp³-hybridized carbons (Fsp3) is 0.588. The summed E-state index contributed by atoms with van der Waals surface area (Å²) in [6.45, 7) is 2.75. The largest absolute Gasteiger partial charge is 0.477 e. The number of likely N-dealkylation sites (N-methyl/N-ethyl adjacent to an activating group) is 1. The fourth-order valence-corrected chi connectivity index (χ4v) is 2.95. The smallest absolute Gasteiger partial charge is 0.253 e. The van der Waals surface area contributed by atoms with Gasteiger partial charge in [-0.05, 0) is 24.8 Å². The maximum Gasteiger partial charge on any atom is 0.253 e. The zero-order valence-electron chi connectivity index (χ0n) is 13.9. The third kappa shape index (κ3) is 4.23. The summed E-state index contributed by atoms with van der Waals surface area (Å²) in [7, 11) is 1.74. The maximum absolute atomic E-state index is 12.2. The summed E-state index contributed by atoms with van der Waals surface area (Å²) in [6.07, 6.45) is 3.88. The van der Waals surface area contributed by atoms with E-state index in [1.807, 2.05) is 0 Å². The molecule has 130 valence electrons. The van der Waals surface area contributed by atoms with Crippen molar-refractivity contribution in [2.24, 2.45) is 5.92 Å². The number of carbonyl (C=O) groups is 2. The van der Waals surface area contributed by atoms with E-state index in [4.69, 9.17) is 9.47 Å². The number of nitrogens with zero attached hydrogens (tertiary/aromatic N) is 2. The van der Waals surface area contributed by atoms with Crippen LogP contribution in [-0.2, 0) is 9.53 Å². The molecule has 1 atom stereocenters. The van der Waals surface area contributed by atoms with Crippen molar-refractivity contribution >= 4 is 11.8 Å². The monoisotopic (exact) mass is 333 g/mol. The van der Waals surface area contributed by atoms with Crippen LogP contribution in [0.4, 0.5) is 0 Å². The molecule has 0 spiro atoms. The lowest BCUT2D eigenvalue weighted by Gasteiger charge is -2.21. The molecule has 1 aromatic rings. The van der Waals surface area contributed by atoms with E-state index >= 15 is 0 Å². The highest BCUT2D eigenvalue weighted by Crippen LogP contribution is 2.17. The first-order chi connectivity index (χ1) is 11.6. The molecule has 3 rings (SSSR count). The lowest BCUT2D eigenvalue weighted by molar-refractivity contribution is -0.126. The number of rotatable bonds is 5. The highest BCUT2D eigenvalue weighted by Gasteiger charge is 2.28. The average molecular weight is 333 g/mol. The molecule has 0 unspecified atom stereocenters. The minimum Gasteiger partial charge on any atom is -0.477 e. The molecule has 2 fully saturated rings. The molecule has 0 radical (unpaired) electrons. The topological polar surface area (TPSA) is 80.8 Å². The second kappa shape index (κ2) is 7.61. The molecular weight excluding hydrogens is 310 g/mol. The van der Waals surface area contributed by atoms with Gasteiger partial charge in [-0.15, -0.1) is 0 Å². The van der Waals surface area contributed by atoms with Gasteiger partial charge in [-0.25, -0.2) is 4.98 Å². The van der Waals surface area contributed by atoms with E-state index in [1.165, 1.54) is 6.20 Å². The Morgan fingerprint density at radius 2 is 2.21 bits per heavy atom. The minimum atomic E-state index is -0.216. The van der Waals surface area contributed by atoms with Crippen LogP contribution in [0.5, 0.6) is 5.88 Å². The van der Waals surface area contributed by atoms with E-state index in [9.17, 15) is 9.59 Å². The number of pyridine rings is 1. The van der Waals surface area contributed by atoms with Crippen LogP contribution in [0.15, 0.2) is 18.3 Å². The van der Waals surface area contributed by atoms with Gasteiger partial charge in [0.1, 0.15) is 0 Å². The first-order valence-electron chi connectivity index (χ1n) is 8.33. The summed E-state index contributed by atoms with van der Waals surface area (Å²) in [5.74, 6) is 0.858. The molecule has 0 aromatic carbocycles. The predicted molar refractivity (Wildman–Crippen MR) is 86.8 cm³/mol. The Balaban J connectivity index is 1.48. The van der Waals surface area contributed by atoms with Crippen molar-refractivity contribution < 1.29 is 19.1 Å². The minimum absolute atomic E-state index is 0.0512. The van der Waals surface area contributed by atoms with Crippen LogP contribution in [0.1, 0.15) is 29.6 Å². The summed E-state index contributed by atoms with van der Waals surface area (Å²) in [5.41, 5.74) is 0.468. The Labute approximate surface area is 141 Å². The Bertz CT molecular complexity index is 584. The molecule has 2 aliphatic heterocycles. The van der Waals surface area contributed by atoms with Gasteiger partial charge < -0.3 is 19.7 Å². The molecule has 0 bridgehead atoms. The summed E-state index contributed by atoms with van der Waals surface area (Å²) in [4.78, 5) is 29.5. The molecular formula is C17H23N3O4. The van der Waals surface area contributed by atoms with Gasteiger partial charge in [-0.1, -0.05) is 0 Å². The van der Waals surface area contributed by atoms with Crippen LogP contribution < -0.4 is 10.1 Å². The second-order valence-electron chi connectivity index (χ2n) is 6.40. The van der Waals surface area contributed by atoms with Gasteiger partial charge in [-0.2, -0.15) is 0 Å². The van der Waals surface area contributed by atoms with Gasteiger partial charge >= 0.3 is 0 Å². The Morgan fingerprint density at radius 3 is 2.83 bits per heavy atom. The molecule has 3 heterocycles. The first kappa shape index (κ1) is 16.7. The predicted octanol–water partition coefficient (Wildman–Crippen LogP) is 0.847. The van der Waals surface area contributed by atoms with E-state index in [0.29, 0.717) is 36.9 Å². The van der Waals surface area contributed by atoms with Gasteiger partial charge in [0, 0.05) is 45.5 Å². The first-order valence-corrected chi connectivity index (χ1v) is 8.33. The van der Waals surface area contributed by atoms with Crippen molar-refractivity contribution in [1.82, 2.24) is 15.2 Å². The molecule has 0 aliphatic carbocycles. The van der Waals surface area contributed by atoms with Crippen molar-refractivity contribution in [3.63, 3.8) is 0 Å².